The van der Waals surface area contributed by atoms with Crippen molar-refractivity contribution in [1.29, 1.82) is 0 Å². The van der Waals surface area contributed by atoms with Crippen molar-refractivity contribution in [2.75, 3.05) is 5.32 Å². The summed E-state index contributed by atoms with van der Waals surface area (Å²) in [6.45, 7) is 0.691. The third-order valence-corrected chi connectivity index (χ3v) is 3.76. The van der Waals surface area contributed by atoms with Crippen LogP contribution in [0.2, 0.25) is 5.02 Å². The summed E-state index contributed by atoms with van der Waals surface area (Å²) in [5.74, 6) is 0.470. The first-order valence-electron chi connectivity index (χ1n) is 6.50. The zero-order valence-corrected chi connectivity index (χ0v) is 11.3. The van der Waals surface area contributed by atoms with Crippen LogP contribution in [0.25, 0.3) is 0 Å². The van der Waals surface area contributed by atoms with Crippen LogP contribution >= 0.6 is 11.6 Å². The van der Waals surface area contributed by atoms with Gasteiger partial charge in [0.15, 0.2) is 0 Å². The fraction of sp³-hybridized carbons (Fsp3) is 0.250. The molecule has 0 amide bonds. The Labute approximate surface area is 117 Å². The number of halogens is 2. The van der Waals surface area contributed by atoms with Gasteiger partial charge in [0, 0.05) is 6.54 Å². The lowest BCUT2D eigenvalue weighted by molar-refractivity contribution is 0.628. The van der Waals surface area contributed by atoms with Gasteiger partial charge < -0.3 is 5.32 Å². The van der Waals surface area contributed by atoms with Gasteiger partial charge in [0.2, 0.25) is 0 Å². The van der Waals surface area contributed by atoms with Gasteiger partial charge in [0.25, 0.3) is 0 Å². The maximum absolute atomic E-state index is 12.9. The maximum Gasteiger partial charge on any atom is 0.124 e. The quantitative estimate of drug-likeness (QED) is 0.831. The molecule has 0 atom stereocenters. The number of rotatable bonds is 4. The van der Waals surface area contributed by atoms with Crippen molar-refractivity contribution in [1.82, 2.24) is 0 Å². The standard InChI is InChI=1S/C16H15ClFN/c17-15-9-14(18)7-8-16(15)19-10-11-1-3-12(4-2-11)13-5-6-13/h1-4,7-9,13,19H,5-6,10H2. The van der Waals surface area contributed by atoms with Crippen molar-refractivity contribution in [3.8, 4) is 0 Å². The summed E-state index contributed by atoms with van der Waals surface area (Å²) < 4.78 is 12.9. The van der Waals surface area contributed by atoms with E-state index >= 15 is 0 Å². The molecule has 3 rings (SSSR count). The molecule has 1 fully saturated rings. The smallest absolute Gasteiger partial charge is 0.124 e. The Hall–Kier alpha value is -1.54. The van der Waals surface area contributed by atoms with Gasteiger partial charge in [-0.25, -0.2) is 4.39 Å². The third-order valence-electron chi connectivity index (χ3n) is 3.44. The fourth-order valence-corrected chi connectivity index (χ4v) is 2.39. The summed E-state index contributed by atoms with van der Waals surface area (Å²) in [5, 5.41) is 3.63. The van der Waals surface area contributed by atoms with Crippen LogP contribution in [0.4, 0.5) is 10.1 Å². The van der Waals surface area contributed by atoms with Crippen LogP contribution in [0.1, 0.15) is 29.9 Å². The van der Waals surface area contributed by atoms with Crippen LogP contribution in [0, 0.1) is 5.82 Å². The van der Waals surface area contributed by atoms with Gasteiger partial charge in [-0.3, -0.25) is 0 Å². The van der Waals surface area contributed by atoms with Gasteiger partial charge >= 0.3 is 0 Å². The Kier molecular flexibility index (Phi) is 3.43. The second kappa shape index (κ2) is 5.22. The van der Waals surface area contributed by atoms with E-state index in [2.05, 4.69) is 29.6 Å². The molecule has 1 saturated carbocycles. The molecule has 3 heteroatoms. The van der Waals surface area contributed by atoms with Gasteiger partial charge in [-0.15, -0.1) is 0 Å². The molecule has 0 saturated heterocycles. The maximum atomic E-state index is 12.9. The van der Waals surface area contributed by atoms with Crippen LogP contribution in [-0.4, -0.2) is 0 Å². The lowest BCUT2D eigenvalue weighted by Crippen LogP contribution is -2.00. The van der Waals surface area contributed by atoms with E-state index in [4.69, 9.17) is 11.6 Å². The van der Waals surface area contributed by atoms with Crippen molar-refractivity contribution in [2.45, 2.75) is 25.3 Å². The van der Waals surface area contributed by atoms with Crippen molar-refractivity contribution in [2.24, 2.45) is 0 Å². The summed E-state index contributed by atoms with van der Waals surface area (Å²) in [5.41, 5.74) is 3.39. The van der Waals surface area contributed by atoms with Crippen molar-refractivity contribution in [3.63, 3.8) is 0 Å². The molecule has 0 aromatic heterocycles. The highest BCUT2D eigenvalue weighted by atomic mass is 35.5. The molecule has 1 nitrogen and oxygen atoms in total. The predicted octanol–water partition coefficient (Wildman–Crippen LogP) is 4.97. The molecule has 0 aliphatic heterocycles. The largest absolute Gasteiger partial charge is 0.380 e. The number of hydrogen-bond acceptors (Lipinski definition) is 1. The zero-order chi connectivity index (χ0) is 13.2. The number of anilines is 1. The molecule has 2 aromatic rings. The second-order valence-corrected chi connectivity index (χ2v) is 5.40. The summed E-state index contributed by atoms with van der Waals surface area (Å²) >= 11 is 5.97. The lowest BCUT2D eigenvalue weighted by atomic mass is 10.1. The molecule has 0 bridgehead atoms. The van der Waals surface area contributed by atoms with Crippen LogP contribution in [0.5, 0.6) is 0 Å². The van der Waals surface area contributed by atoms with Crippen molar-refractivity contribution >= 4 is 17.3 Å². The SMILES string of the molecule is Fc1ccc(NCc2ccc(C3CC3)cc2)c(Cl)c1. The van der Waals surface area contributed by atoms with Gasteiger partial charge in [0.05, 0.1) is 10.7 Å². The van der Waals surface area contributed by atoms with E-state index in [0.717, 1.165) is 11.6 Å². The Morgan fingerprint density at radius 3 is 2.47 bits per heavy atom. The summed E-state index contributed by atoms with van der Waals surface area (Å²) in [7, 11) is 0. The van der Waals surface area contributed by atoms with Crippen LogP contribution in [0.15, 0.2) is 42.5 Å². The molecular formula is C16H15ClFN. The van der Waals surface area contributed by atoms with E-state index in [1.165, 1.54) is 36.1 Å². The Morgan fingerprint density at radius 1 is 1.11 bits per heavy atom. The molecule has 98 valence electrons. The Morgan fingerprint density at radius 2 is 1.84 bits per heavy atom. The Bertz CT molecular complexity index is 576. The Balaban J connectivity index is 1.64. The van der Waals surface area contributed by atoms with Gasteiger partial charge in [-0.2, -0.15) is 0 Å². The van der Waals surface area contributed by atoms with E-state index < -0.39 is 0 Å². The number of hydrogen-bond donors (Lipinski definition) is 1. The molecule has 1 aliphatic carbocycles. The first kappa shape index (κ1) is 12.5. The highest BCUT2D eigenvalue weighted by Gasteiger charge is 2.22. The molecule has 0 unspecified atom stereocenters. The molecule has 1 N–H and O–H groups in total. The predicted molar refractivity (Wildman–Crippen MR) is 77.2 cm³/mol. The summed E-state index contributed by atoms with van der Waals surface area (Å²) in [6, 6.07) is 13.1. The fourth-order valence-electron chi connectivity index (χ4n) is 2.15. The first-order chi connectivity index (χ1) is 9.22. The zero-order valence-electron chi connectivity index (χ0n) is 10.5. The molecule has 0 heterocycles. The molecule has 0 spiro atoms. The van der Waals surface area contributed by atoms with Crippen molar-refractivity contribution in [3.05, 3.63) is 64.4 Å². The van der Waals surface area contributed by atoms with Crippen LogP contribution < -0.4 is 5.32 Å². The minimum absolute atomic E-state index is 0.315. The van der Waals surface area contributed by atoms with E-state index in [9.17, 15) is 4.39 Å². The third kappa shape index (κ3) is 3.07. The molecular weight excluding hydrogens is 261 g/mol. The minimum Gasteiger partial charge on any atom is -0.380 e. The van der Waals surface area contributed by atoms with Gasteiger partial charge in [-0.1, -0.05) is 35.9 Å². The number of benzene rings is 2. The van der Waals surface area contributed by atoms with Crippen LogP contribution in [0.3, 0.4) is 0 Å². The number of nitrogens with one attached hydrogen (secondary N) is 1. The first-order valence-corrected chi connectivity index (χ1v) is 6.88. The molecule has 19 heavy (non-hydrogen) atoms. The molecule has 0 radical (unpaired) electrons. The normalized spacial score (nSPS) is 14.4. The average Bonchev–Trinajstić information content (AvgIpc) is 3.23. The molecule has 1 aliphatic rings. The minimum atomic E-state index is -0.315. The topological polar surface area (TPSA) is 12.0 Å². The summed E-state index contributed by atoms with van der Waals surface area (Å²) in [6.07, 6.45) is 2.64. The second-order valence-electron chi connectivity index (χ2n) is 4.99. The molecule has 2 aromatic carbocycles. The average molecular weight is 276 g/mol. The highest BCUT2D eigenvalue weighted by molar-refractivity contribution is 6.33. The van der Waals surface area contributed by atoms with Crippen molar-refractivity contribution < 1.29 is 4.39 Å². The monoisotopic (exact) mass is 275 g/mol. The highest BCUT2D eigenvalue weighted by Crippen LogP contribution is 2.39. The van der Waals surface area contributed by atoms with E-state index in [-0.39, 0.29) is 5.82 Å². The van der Waals surface area contributed by atoms with Crippen LogP contribution in [-0.2, 0) is 6.54 Å². The lowest BCUT2D eigenvalue weighted by Gasteiger charge is -2.09. The van der Waals surface area contributed by atoms with E-state index in [1.807, 2.05) is 0 Å². The van der Waals surface area contributed by atoms with E-state index in [0.29, 0.717) is 11.6 Å². The van der Waals surface area contributed by atoms with Gasteiger partial charge in [-0.05, 0) is 48.1 Å². The van der Waals surface area contributed by atoms with E-state index in [1.54, 1.807) is 6.07 Å². The summed E-state index contributed by atoms with van der Waals surface area (Å²) in [4.78, 5) is 0. The van der Waals surface area contributed by atoms with Gasteiger partial charge in [0.1, 0.15) is 5.82 Å².